The van der Waals surface area contributed by atoms with E-state index in [0.29, 0.717) is 37.6 Å². The molecule has 2 aliphatic rings. The lowest BCUT2D eigenvalue weighted by atomic mass is 10.2. The minimum atomic E-state index is -4.07. The average molecular weight is 529 g/mol. The molecule has 2 fully saturated rings. The number of para-hydroxylation sites is 2. The number of anilines is 2. The van der Waals surface area contributed by atoms with E-state index in [-0.39, 0.29) is 22.8 Å². The maximum Gasteiger partial charge on any atom is 0.323 e. The van der Waals surface area contributed by atoms with Gasteiger partial charge in [-0.05, 0) is 36.2 Å². The van der Waals surface area contributed by atoms with Crippen LogP contribution in [0.4, 0.5) is 16.2 Å². The van der Waals surface area contributed by atoms with Crippen molar-refractivity contribution in [1.82, 2.24) is 9.62 Å². The van der Waals surface area contributed by atoms with Gasteiger partial charge in [-0.15, -0.1) is 0 Å². The normalized spacial score (nSPS) is 19.2. The Hall–Kier alpha value is -3.31. The zero-order valence-corrected chi connectivity index (χ0v) is 20.7. The van der Waals surface area contributed by atoms with Gasteiger partial charge in [-0.3, -0.25) is 0 Å². The Balaban J connectivity index is 1.32. The van der Waals surface area contributed by atoms with Gasteiger partial charge < -0.3 is 25.8 Å². The second-order valence-electron chi connectivity index (χ2n) is 8.69. The molecule has 0 unspecified atom stereocenters. The lowest BCUT2D eigenvalue weighted by Gasteiger charge is -2.27. The maximum absolute atomic E-state index is 13.3. The lowest BCUT2D eigenvalue weighted by Crippen LogP contribution is -2.46. The SMILES string of the molecule is O=C(Nc1ccccc1OCc1ccccc1)Nc1ccc(Cl)c(S(=O)(=O)N2C[C@@H]3C[C@H]2CN3)c1O. The number of fused-ring (bicyclic) bond motifs is 2. The van der Waals surface area contributed by atoms with Crippen LogP contribution in [0.15, 0.2) is 71.6 Å². The third-order valence-corrected chi connectivity index (χ3v) is 8.70. The number of urea groups is 1. The largest absolute Gasteiger partial charge is 0.504 e. The molecule has 0 radical (unpaired) electrons. The van der Waals surface area contributed by atoms with Crippen molar-refractivity contribution in [2.45, 2.75) is 30.0 Å². The highest BCUT2D eigenvalue weighted by Gasteiger charge is 2.45. The van der Waals surface area contributed by atoms with Crippen LogP contribution in [0.5, 0.6) is 11.5 Å². The quantitative estimate of drug-likeness (QED) is 0.344. The first-order valence-electron chi connectivity index (χ1n) is 11.4. The standard InChI is InChI=1S/C25H25ClN4O5S/c26-19-10-11-21(23(31)24(19)36(33,34)30-14-17-12-18(30)13-27-17)29-25(32)28-20-8-4-5-9-22(20)35-15-16-6-2-1-3-7-16/h1-11,17-18,27,31H,12-15H2,(H2,28,29,32)/t17-,18-/m0/s1. The molecule has 3 aromatic carbocycles. The molecule has 0 spiro atoms. The summed E-state index contributed by atoms with van der Waals surface area (Å²) in [6.45, 7) is 1.17. The summed E-state index contributed by atoms with van der Waals surface area (Å²) < 4.78 is 33.9. The third kappa shape index (κ3) is 4.85. The van der Waals surface area contributed by atoms with Gasteiger partial charge in [0.05, 0.1) is 16.4 Å². The van der Waals surface area contributed by atoms with Gasteiger partial charge in [-0.1, -0.05) is 54.1 Å². The summed E-state index contributed by atoms with van der Waals surface area (Å²) in [4.78, 5) is 12.4. The Bertz CT molecular complexity index is 1390. The molecule has 2 heterocycles. The minimum Gasteiger partial charge on any atom is -0.504 e. The number of amides is 2. The molecule has 0 aromatic heterocycles. The van der Waals surface area contributed by atoms with E-state index in [1.807, 2.05) is 30.3 Å². The number of sulfonamides is 1. The molecule has 0 aliphatic carbocycles. The lowest BCUT2D eigenvalue weighted by molar-refractivity contribution is 0.261. The number of phenolic OH excluding ortho intramolecular Hbond substituents is 1. The molecular formula is C25H25ClN4O5S. The van der Waals surface area contributed by atoms with Crippen molar-refractivity contribution in [3.63, 3.8) is 0 Å². The number of phenols is 1. The first-order chi connectivity index (χ1) is 17.3. The second kappa shape index (κ2) is 9.98. The third-order valence-electron chi connectivity index (χ3n) is 6.28. The van der Waals surface area contributed by atoms with Crippen molar-refractivity contribution >= 4 is 39.0 Å². The number of halogens is 1. The predicted octanol–water partition coefficient (Wildman–Crippen LogP) is 4.00. The predicted molar refractivity (Wildman–Crippen MR) is 137 cm³/mol. The van der Waals surface area contributed by atoms with Gasteiger partial charge in [-0.25, -0.2) is 13.2 Å². The molecule has 3 aromatic rings. The fourth-order valence-electron chi connectivity index (χ4n) is 4.53. The van der Waals surface area contributed by atoms with E-state index in [1.165, 1.54) is 16.4 Å². The molecule has 2 aliphatic heterocycles. The molecular weight excluding hydrogens is 504 g/mol. The number of carbonyl (C=O) groups is 1. The molecule has 2 bridgehead atoms. The topological polar surface area (TPSA) is 120 Å². The summed E-state index contributed by atoms with van der Waals surface area (Å²) in [6, 6.07) is 18.4. The van der Waals surface area contributed by atoms with Crippen molar-refractivity contribution in [3.05, 3.63) is 77.3 Å². The molecule has 0 saturated carbocycles. The first-order valence-corrected chi connectivity index (χ1v) is 13.2. The van der Waals surface area contributed by atoms with Crippen molar-refractivity contribution in [2.75, 3.05) is 23.7 Å². The van der Waals surface area contributed by atoms with Crippen molar-refractivity contribution in [1.29, 1.82) is 0 Å². The molecule has 36 heavy (non-hydrogen) atoms. The summed E-state index contributed by atoms with van der Waals surface area (Å²) in [5, 5.41) is 19.2. The van der Waals surface area contributed by atoms with E-state index in [1.54, 1.807) is 24.3 Å². The highest BCUT2D eigenvalue weighted by atomic mass is 35.5. The van der Waals surface area contributed by atoms with Crippen LogP contribution in [-0.2, 0) is 16.6 Å². The number of hydrogen-bond acceptors (Lipinski definition) is 6. The van der Waals surface area contributed by atoms with E-state index in [9.17, 15) is 18.3 Å². The maximum atomic E-state index is 13.3. The molecule has 188 valence electrons. The summed E-state index contributed by atoms with van der Waals surface area (Å²) in [7, 11) is -4.07. The van der Waals surface area contributed by atoms with Crippen LogP contribution in [0.2, 0.25) is 5.02 Å². The smallest absolute Gasteiger partial charge is 0.323 e. The summed E-state index contributed by atoms with van der Waals surface area (Å²) in [6.07, 6.45) is 0.712. The molecule has 9 nitrogen and oxygen atoms in total. The Labute approximate surface area is 214 Å². The van der Waals surface area contributed by atoms with Crippen LogP contribution in [-0.4, -0.2) is 49.0 Å². The van der Waals surface area contributed by atoms with Gasteiger partial charge in [0, 0.05) is 25.2 Å². The fourth-order valence-corrected chi connectivity index (χ4v) is 6.81. The van der Waals surface area contributed by atoms with Crippen molar-refractivity contribution < 1.29 is 23.1 Å². The van der Waals surface area contributed by atoms with Crippen LogP contribution in [0.1, 0.15) is 12.0 Å². The van der Waals surface area contributed by atoms with E-state index < -0.39 is 26.7 Å². The number of carbonyl (C=O) groups excluding carboxylic acids is 1. The molecule has 5 rings (SSSR count). The fraction of sp³-hybridized carbons (Fsp3) is 0.240. The van der Waals surface area contributed by atoms with E-state index in [0.717, 1.165) is 5.56 Å². The van der Waals surface area contributed by atoms with Gasteiger partial charge in [0.15, 0.2) is 5.75 Å². The van der Waals surface area contributed by atoms with Crippen LogP contribution in [0.3, 0.4) is 0 Å². The van der Waals surface area contributed by atoms with Gasteiger partial charge >= 0.3 is 6.03 Å². The van der Waals surface area contributed by atoms with Crippen LogP contribution in [0.25, 0.3) is 0 Å². The van der Waals surface area contributed by atoms with Gasteiger partial charge in [0.1, 0.15) is 17.3 Å². The number of hydrogen-bond donors (Lipinski definition) is 4. The second-order valence-corrected chi connectivity index (χ2v) is 10.9. The van der Waals surface area contributed by atoms with Crippen LogP contribution in [0, 0.1) is 0 Å². The zero-order chi connectivity index (χ0) is 25.3. The van der Waals surface area contributed by atoms with Gasteiger partial charge in [0.2, 0.25) is 10.0 Å². The first kappa shape index (κ1) is 24.4. The summed E-state index contributed by atoms with van der Waals surface area (Å²) >= 11 is 6.21. The van der Waals surface area contributed by atoms with E-state index in [2.05, 4.69) is 16.0 Å². The Morgan fingerprint density at radius 1 is 1.06 bits per heavy atom. The monoisotopic (exact) mass is 528 g/mol. The number of rotatable bonds is 7. The van der Waals surface area contributed by atoms with Gasteiger partial charge in [0.25, 0.3) is 0 Å². The highest BCUT2D eigenvalue weighted by molar-refractivity contribution is 7.89. The molecule has 11 heteroatoms. The van der Waals surface area contributed by atoms with Gasteiger partial charge in [-0.2, -0.15) is 4.31 Å². The Kier molecular flexibility index (Phi) is 6.76. The molecule has 4 N–H and O–H groups in total. The number of benzene rings is 3. The highest BCUT2D eigenvalue weighted by Crippen LogP contribution is 2.41. The molecule has 2 atom stereocenters. The number of aromatic hydroxyl groups is 1. The summed E-state index contributed by atoms with van der Waals surface area (Å²) in [5.74, 6) is -0.153. The van der Waals surface area contributed by atoms with Crippen LogP contribution < -0.4 is 20.7 Å². The number of piperazine rings is 1. The zero-order valence-electron chi connectivity index (χ0n) is 19.1. The van der Waals surface area contributed by atoms with Crippen LogP contribution >= 0.6 is 11.6 Å². The number of nitrogens with zero attached hydrogens (tertiary/aromatic N) is 1. The van der Waals surface area contributed by atoms with Crippen molar-refractivity contribution in [3.8, 4) is 11.5 Å². The van der Waals surface area contributed by atoms with Crippen molar-refractivity contribution in [2.24, 2.45) is 0 Å². The van der Waals surface area contributed by atoms with E-state index in [4.69, 9.17) is 16.3 Å². The molecule has 2 saturated heterocycles. The van der Waals surface area contributed by atoms with E-state index >= 15 is 0 Å². The Morgan fingerprint density at radius 3 is 2.50 bits per heavy atom. The minimum absolute atomic E-state index is 0.0827. The Morgan fingerprint density at radius 2 is 1.78 bits per heavy atom. The number of ether oxygens (including phenoxy) is 1. The summed E-state index contributed by atoms with van der Waals surface area (Å²) in [5.41, 5.74) is 1.30. The average Bonchev–Trinajstić information content (AvgIpc) is 3.50. The molecule has 2 amide bonds. The number of nitrogens with one attached hydrogen (secondary N) is 3.